The third kappa shape index (κ3) is 5.87. The minimum atomic E-state index is -3.71. The molecule has 0 radical (unpaired) electrons. The van der Waals surface area contributed by atoms with Gasteiger partial charge < -0.3 is 10.2 Å². The maximum absolute atomic E-state index is 13.0. The fraction of sp³-hybridized carbons (Fsp3) is 0.231. The van der Waals surface area contributed by atoms with Crippen molar-refractivity contribution in [1.82, 2.24) is 4.90 Å². The van der Waals surface area contributed by atoms with Crippen LogP contribution in [0.1, 0.15) is 32.6 Å². The molecule has 1 aliphatic rings. The predicted molar refractivity (Wildman–Crippen MR) is 129 cm³/mol. The van der Waals surface area contributed by atoms with Gasteiger partial charge in [0, 0.05) is 24.3 Å². The van der Waals surface area contributed by atoms with Gasteiger partial charge in [-0.3, -0.25) is 9.59 Å². The van der Waals surface area contributed by atoms with Crippen LogP contribution in [-0.4, -0.2) is 37.4 Å². The minimum absolute atomic E-state index is 0.124. The molecule has 3 aromatic rings. The number of hydrogen-bond donors (Lipinski definition) is 1. The number of hydrogen-bond acceptors (Lipinski definition) is 4. The van der Waals surface area contributed by atoms with E-state index in [0.29, 0.717) is 29.9 Å². The number of sulfone groups is 1. The summed E-state index contributed by atoms with van der Waals surface area (Å²) >= 11 is 0. The Kier molecular flexibility index (Phi) is 6.60. The molecule has 1 aliphatic heterocycles. The van der Waals surface area contributed by atoms with Crippen LogP contribution in [0.4, 0.5) is 5.69 Å². The van der Waals surface area contributed by atoms with Crippen LogP contribution in [0.3, 0.4) is 0 Å². The zero-order chi connectivity index (χ0) is 23.4. The number of amides is 2. The van der Waals surface area contributed by atoms with E-state index in [9.17, 15) is 18.0 Å². The Morgan fingerprint density at radius 3 is 2.42 bits per heavy atom. The summed E-state index contributed by atoms with van der Waals surface area (Å²) in [6.07, 6.45) is 0.798. The summed E-state index contributed by atoms with van der Waals surface area (Å²) in [5.74, 6) is -1.64. The SMILES string of the molecule is Cc1ccc(NC(=O)CS(=O)(=O)Cc2cccc(C(=O)N3CCc4ccccc4C3)c2)cc1. The van der Waals surface area contributed by atoms with Crippen molar-refractivity contribution >= 4 is 27.3 Å². The van der Waals surface area contributed by atoms with Gasteiger partial charge in [-0.05, 0) is 54.3 Å². The summed E-state index contributed by atoms with van der Waals surface area (Å²) in [5, 5.41) is 2.61. The zero-order valence-electron chi connectivity index (χ0n) is 18.5. The Balaban J connectivity index is 1.40. The van der Waals surface area contributed by atoms with E-state index in [0.717, 1.165) is 17.5 Å². The fourth-order valence-corrected chi connectivity index (χ4v) is 5.25. The molecular weight excluding hydrogens is 436 g/mol. The van der Waals surface area contributed by atoms with Gasteiger partial charge >= 0.3 is 0 Å². The highest BCUT2D eigenvalue weighted by molar-refractivity contribution is 7.91. The van der Waals surface area contributed by atoms with Crippen LogP contribution >= 0.6 is 0 Å². The molecule has 33 heavy (non-hydrogen) atoms. The normalized spacial score (nSPS) is 13.3. The second-order valence-electron chi connectivity index (χ2n) is 8.39. The first kappa shape index (κ1) is 22.7. The highest BCUT2D eigenvalue weighted by Gasteiger charge is 2.23. The van der Waals surface area contributed by atoms with E-state index >= 15 is 0 Å². The summed E-state index contributed by atoms with van der Waals surface area (Å²) < 4.78 is 25.2. The molecule has 170 valence electrons. The molecule has 0 atom stereocenters. The van der Waals surface area contributed by atoms with Gasteiger partial charge in [0.2, 0.25) is 5.91 Å². The Morgan fingerprint density at radius 2 is 1.67 bits per heavy atom. The number of carbonyl (C=O) groups excluding carboxylic acids is 2. The van der Waals surface area contributed by atoms with Gasteiger partial charge in [-0.2, -0.15) is 0 Å². The molecule has 0 spiro atoms. The molecule has 0 unspecified atom stereocenters. The van der Waals surface area contributed by atoms with Crippen LogP contribution in [0.25, 0.3) is 0 Å². The van der Waals surface area contributed by atoms with Gasteiger partial charge in [-0.15, -0.1) is 0 Å². The minimum Gasteiger partial charge on any atom is -0.334 e. The van der Waals surface area contributed by atoms with Gasteiger partial charge in [-0.1, -0.05) is 54.1 Å². The molecule has 7 heteroatoms. The summed E-state index contributed by atoms with van der Waals surface area (Å²) in [6, 6.07) is 21.9. The first-order valence-electron chi connectivity index (χ1n) is 10.8. The van der Waals surface area contributed by atoms with Crippen molar-refractivity contribution in [3.63, 3.8) is 0 Å². The van der Waals surface area contributed by atoms with Gasteiger partial charge in [0.15, 0.2) is 9.84 Å². The van der Waals surface area contributed by atoms with Crippen molar-refractivity contribution in [1.29, 1.82) is 0 Å². The smallest absolute Gasteiger partial charge is 0.254 e. The molecular formula is C26H26N2O4S. The molecule has 0 saturated carbocycles. The molecule has 1 heterocycles. The standard InChI is InChI=1S/C26H26N2O4S/c1-19-9-11-24(12-10-19)27-25(29)18-33(31,32)17-20-5-4-8-22(15-20)26(30)28-14-13-21-6-2-3-7-23(21)16-28/h2-12,15H,13-14,16-18H2,1H3,(H,27,29). The van der Waals surface area contributed by atoms with Crippen molar-refractivity contribution in [3.8, 4) is 0 Å². The fourth-order valence-electron chi connectivity index (χ4n) is 3.98. The van der Waals surface area contributed by atoms with Crippen molar-refractivity contribution < 1.29 is 18.0 Å². The summed E-state index contributed by atoms with van der Waals surface area (Å²) in [5.41, 5.74) is 4.92. The second kappa shape index (κ2) is 9.58. The van der Waals surface area contributed by atoms with Crippen LogP contribution in [0.5, 0.6) is 0 Å². The van der Waals surface area contributed by atoms with E-state index < -0.39 is 21.5 Å². The molecule has 0 fully saturated rings. The molecule has 6 nitrogen and oxygen atoms in total. The zero-order valence-corrected chi connectivity index (χ0v) is 19.3. The lowest BCUT2D eigenvalue weighted by atomic mass is 9.99. The summed E-state index contributed by atoms with van der Waals surface area (Å²) in [6.45, 7) is 3.09. The number of aryl methyl sites for hydroxylation is 1. The average molecular weight is 463 g/mol. The van der Waals surface area contributed by atoms with Crippen LogP contribution in [0.2, 0.25) is 0 Å². The van der Waals surface area contributed by atoms with E-state index in [2.05, 4.69) is 11.4 Å². The average Bonchev–Trinajstić information content (AvgIpc) is 2.79. The van der Waals surface area contributed by atoms with E-state index in [-0.39, 0.29) is 11.7 Å². The van der Waals surface area contributed by atoms with Gasteiger partial charge in [0.05, 0.1) is 5.75 Å². The number of nitrogens with zero attached hydrogens (tertiary/aromatic N) is 1. The van der Waals surface area contributed by atoms with Gasteiger partial charge in [0.1, 0.15) is 5.75 Å². The van der Waals surface area contributed by atoms with Gasteiger partial charge in [-0.25, -0.2) is 8.42 Å². The molecule has 0 aromatic heterocycles. The van der Waals surface area contributed by atoms with E-state index in [1.807, 2.05) is 37.3 Å². The molecule has 3 aromatic carbocycles. The number of fused-ring (bicyclic) bond motifs is 1. The Bertz CT molecular complexity index is 1280. The quantitative estimate of drug-likeness (QED) is 0.605. The van der Waals surface area contributed by atoms with Crippen LogP contribution < -0.4 is 5.32 Å². The summed E-state index contributed by atoms with van der Waals surface area (Å²) in [4.78, 5) is 27.1. The van der Waals surface area contributed by atoms with Crippen LogP contribution in [0, 0.1) is 6.92 Å². The third-order valence-corrected chi connectivity index (χ3v) is 7.14. The van der Waals surface area contributed by atoms with E-state index in [1.165, 1.54) is 5.56 Å². The molecule has 1 N–H and O–H groups in total. The van der Waals surface area contributed by atoms with Crippen molar-refractivity contribution in [2.24, 2.45) is 0 Å². The van der Waals surface area contributed by atoms with Crippen molar-refractivity contribution in [2.45, 2.75) is 25.6 Å². The van der Waals surface area contributed by atoms with Crippen molar-refractivity contribution in [3.05, 3.63) is 101 Å². The Morgan fingerprint density at radius 1 is 0.939 bits per heavy atom. The lowest BCUT2D eigenvalue weighted by Gasteiger charge is -2.29. The largest absolute Gasteiger partial charge is 0.334 e. The molecule has 0 bridgehead atoms. The molecule has 0 saturated heterocycles. The third-order valence-electron chi connectivity index (χ3n) is 5.66. The highest BCUT2D eigenvalue weighted by Crippen LogP contribution is 2.21. The topological polar surface area (TPSA) is 83.5 Å². The highest BCUT2D eigenvalue weighted by atomic mass is 32.2. The van der Waals surface area contributed by atoms with Crippen LogP contribution in [-0.2, 0) is 33.4 Å². The van der Waals surface area contributed by atoms with Crippen molar-refractivity contribution in [2.75, 3.05) is 17.6 Å². The number of carbonyl (C=O) groups is 2. The molecule has 4 rings (SSSR count). The van der Waals surface area contributed by atoms with Crippen LogP contribution in [0.15, 0.2) is 72.8 Å². The van der Waals surface area contributed by atoms with E-state index in [4.69, 9.17) is 0 Å². The maximum Gasteiger partial charge on any atom is 0.254 e. The second-order valence-corrected chi connectivity index (χ2v) is 10.5. The Labute approximate surface area is 194 Å². The summed E-state index contributed by atoms with van der Waals surface area (Å²) in [7, 11) is -3.71. The maximum atomic E-state index is 13.0. The molecule has 2 amide bonds. The Hall–Kier alpha value is -3.45. The number of rotatable bonds is 6. The first-order valence-corrected chi connectivity index (χ1v) is 12.6. The van der Waals surface area contributed by atoms with E-state index in [1.54, 1.807) is 41.3 Å². The first-order chi connectivity index (χ1) is 15.8. The number of benzene rings is 3. The predicted octanol–water partition coefficient (Wildman–Crippen LogP) is 3.75. The lowest BCUT2D eigenvalue weighted by Crippen LogP contribution is -2.36. The molecule has 0 aliphatic carbocycles. The number of nitrogens with one attached hydrogen (secondary N) is 1. The monoisotopic (exact) mass is 462 g/mol. The van der Waals surface area contributed by atoms with Gasteiger partial charge in [0.25, 0.3) is 5.91 Å². The number of anilines is 1. The lowest BCUT2D eigenvalue weighted by molar-refractivity contribution is -0.113.